The van der Waals surface area contributed by atoms with Gasteiger partial charge < -0.3 is 15.3 Å². The average Bonchev–Trinajstić information content (AvgIpc) is 2.80. The molecule has 0 unspecified atom stereocenters. The molecule has 32 heavy (non-hydrogen) atoms. The highest BCUT2D eigenvalue weighted by molar-refractivity contribution is 6.42. The summed E-state index contributed by atoms with van der Waals surface area (Å²) in [6.07, 6.45) is 6.80. The molecule has 166 valence electrons. The van der Waals surface area contributed by atoms with Crippen molar-refractivity contribution in [2.75, 3.05) is 7.05 Å². The van der Waals surface area contributed by atoms with E-state index in [1.807, 2.05) is 42.5 Å². The minimum Gasteiger partial charge on any atom is -0.480 e. The van der Waals surface area contributed by atoms with Gasteiger partial charge in [0.25, 0.3) is 11.8 Å². The summed E-state index contributed by atoms with van der Waals surface area (Å²) in [4.78, 5) is 38.9. The van der Waals surface area contributed by atoms with Crippen molar-refractivity contribution in [3.05, 3.63) is 94.0 Å². The Hall–Kier alpha value is -3.09. The number of carbonyl (C=O) groups excluding carboxylic acids is 2. The second kappa shape index (κ2) is 9.59. The normalized spacial score (nSPS) is 20.4. The SMILES string of the molecule is C[C@@H](C(=O)O)N(C)C(=O)C1(NC(=O)c2ccc(Cl)c(Cl)c2)C=CC(c2ccccc2)C=C1. The molecular formula is C24H22Cl2N2O4. The summed E-state index contributed by atoms with van der Waals surface area (Å²) in [7, 11) is 1.39. The lowest BCUT2D eigenvalue weighted by molar-refractivity contribution is -0.149. The highest BCUT2D eigenvalue weighted by Crippen LogP contribution is 2.29. The van der Waals surface area contributed by atoms with Crippen LogP contribution in [0.15, 0.2) is 72.8 Å². The molecular weight excluding hydrogens is 451 g/mol. The van der Waals surface area contributed by atoms with Crippen LogP contribution in [-0.4, -0.2) is 46.4 Å². The van der Waals surface area contributed by atoms with Gasteiger partial charge in [0.2, 0.25) is 0 Å². The predicted octanol–water partition coefficient (Wildman–Crippen LogP) is 4.30. The Kier molecular flexibility index (Phi) is 7.06. The number of rotatable bonds is 6. The Morgan fingerprint density at radius 3 is 2.22 bits per heavy atom. The van der Waals surface area contributed by atoms with Crippen molar-refractivity contribution in [1.82, 2.24) is 10.2 Å². The topological polar surface area (TPSA) is 86.7 Å². The number of hydrogen-bond acceptors (Lipinski definition) is 3. The van der Waals surface area contributed by atoms with E-state index in [2.05, 4.69) is 5.32 Å². The number of allylic oxidation sites excluding steroid dienone is 2. The zero-order chi connectivity index (χ0) is 23.5. The first-order valence-electron chi connectivity index (χ1n) is 9.86. The molecule has 0 aromatic heterocycles. The summed E-state index contributed by atoms with van der Waals surface area (Å²) >= 11 is 12.0. The quantitative estimate of drug-likeness (QED) is 0.613. The van der Waals surface area contributed by atoms with Crippen LogP contribution >= 0.6 is 23.2 Å². The highest BCUT2D eigenvalue weighted by atomic mass is 35.5. The average molecular weight is 473 g/mol. The fraction of sp³-hybridized carbons (Fsp3) is 0.208. The van der Waals surface area contributed by atoms with Gasteiger partial charge in [-0.2, -0.15) is 0 Å². The number of carboxylic acid groups (broad SMARTS) is 1. The highest BCUT2D eigenvalue weighted by Gasteiger charge is 2.41. The monoisotopic (exact) mass is 472 g/mol. The number of amides is 2. The maximum absolute atomic E-state index is 13.4. The van der Waals surface area contributed by atoms with Gasteiger partial charge in [-0.3, -0.25) is 9.59 Å². The maximum Gasteiger partial charge on any atom is 0.326 e. The smallest absolute Gasteiger partial charge is 0.326 e. The molecule has 0 heterocycles. The van der Waals surface area contributed by atoms with Gasteiger partial charge in [0.05, 0.1) is 10.0 Å². The van der Waals surface area contributed by atoms with Crippen LogP contribution in [0.5, 0.6) is 0 Å². The molecule has 1 atom stereocenters. The van der Waals surface area contributed by atoms with Crippen LogP contribution < -0.4 is 5.32 Å². The van der Waals surface area contributed by atoms with Crippen LogP contribution in [-0.2, 0) is 9.59 Å². The van der Waals surface area contributed by atoms with Gasteiger partial charge in [-0.15, -0.1) is 0 Å². The van der Waals surface area contributed by atoms with Gasteiger partial charge in [0.1, 0.15) is 6.04 Å². The molecule has 6 nitrogen and oxygen atoms in total. The first-order chi connectivity index (χ1) is 15.1. The Morgan fingerprint density at radius 2 is 1.66 bits per heavy atom. The fourth-order valence-corrected chi connectivity index (χ4v) is 3.64. The number of likely N-dealkylation sites (N-methyl/N-ethyl adjacent to an activating group) is 1. The molecule has 1 aliphatic carbocycles. The molecule has 0 aliphatic heterocycles. The number of nitrogens with zero attached hydrogens (tertiary/aromatic N) is 1. The van der Waals surface area contributed by atoms with Gasteiger partial charge in [0.15, 0.2) is 5.54 Å². The van der Waals surface area contributed by atoms with Crippen LogP contribution in [0.3, 0.4) is 0 Å². The largest absolute Gasteiger partial charge is 0.480 e. The summed E-state index contributed by atoms with van der Waals surface area (Å²) in [6, 6.07) is 13.0. The number of nitrogens with one attached hydrogen (secondary N) is 1. The van der Waals surface area contributed by atoms with Crippen LogP contribution in [0.1, 0.15) is 28.8 Å². The third-order valence-corrected chi connectivity index (χ3v) is 6.17. The minimum absolute atomic E-state index is 0.0961. The second-order valence-electron chi connectivity index (χ2n) is 7.54. The van der Waals surface area contributed by atoms with Crippen molar-refractivity contribution in [2.24, 2.45) is 0 Å². The maximum atomic E-state index is 13.4. The van der Waals surface area contributed by atoms with E-state index in [9.17, 15) is 19.5 Å². The first kappa shape index (κ1) is 23.6. The Bertz CT molecular complexity index is 1080. The van der Waals surface area contributed by atoms with Gasteiger partial charge in [-0.05, 0) is 42.8 Å². The Morgan fingerprint density at radius 1 is 1.03 bits per heavy atom. The van der Waals surface area contributed by atoms with E-state index in [1.54, 1.807) is 12.2 Å². The lowest BCUT2D eigenvalue weighted by atomic mass is 9.84. The predicted molar refractivity (Wildman–Crippen MR) is 124 cm³/mol. The second-order valence-corrected chi connectivity index (χ2v) is 8.35. The van der Waals surface area contributed by atoms with Crippen molar-refractivity contribution in [2.45, 2.75) is 24.4 Å². The molecule has 2 amide bonds. The molecule has 1 aliphatic rings. The van der Waals surface area contributed by atoms with Crippen molar-refractivity contribution in [1.29, 1.82) is 0 Å². The number of halogens is 2. The molecule has 2 N–H and O–H groups in total. The number of carbonyl (C=O) groups is 3. The molecule has 0 spiro atoms. The van der Waals surface area contributed by atoms with Gasteiger partial charge >= 0.3 is 5.97 Å². The molecule has 2 aromatic rings. The fourth-order valence-electron chi connectivity index (χ4n) is 3.34. The zero-order valence-corrected chi connectivity index (χ0v) is 19.0. The first-order valence-corrected chi connectivity index (χ1v) is 10.6. The van der Waals surface area contributed by atoms with Crippen LogP contribution in [0.4, 0.5) is 0 Å². The summed E-state index contributed by atoms with van der Waals surface area (Å²) in [6.45, 7) is 1.40. The molecule has 0 bridgehead atoms. The number of carboxylic acids is 1. The summed E-state index contributed by atoms with van der Waals surface area (Å²) in [5.41, 5.74) is -0.330. The zero-order valence-electron chi connectivity index (χ0n) is 17.5. The van der Waals surface area contributed by atoms with Crippen LogP contribution in [0, 0.1) is 0 Å². The van der Waals surface area contributed by atoms with E-state index in [0.29, 0.717) is 5.02 Å². The molecule has 3 rings (SSSR count). The Labute approximate surface area is 196 Å². The van der Waals surface area contributed by atoms with E-state index in [1.165, 1.54) is 32.2 Å². The lowest BCUT2D eigenvalue weighted by Gasteiger charge is -2.35. The van der Waals surface area contributed by atoms with E-state index in [-0.39, 0.29) is 16.5 Å². The Balaban J connectivity index is 1.95. The molecule has 0 radical (unpaired) electrons. The number of aliphatic carboxylic acids is 1. The number of benzene rings is 2. The summed E-state index contributed by atoms with van der Waals surface area (Å²) in [5.74, 6) is -2.39. The standard InChI is InChI=1S/C24H22Cl2N2O4/c1-15(22(30)31)28(2)23(32)24(27-21(29)18-8-9-19(25)20(26)14-18)12-10-17(11-13-24)16-6-4-3-5-7-16/h3-15,17H,1-2H3,(H,27,29)(H,30,31)/t15-,17?,24?/m0/s1. The van der Waals surface area contributed by atoms with Crippen LogP contribution in [0.2, 0.25) is 10.0 Å². The lowest BCUT2D eigenvalue weighted by Crippen LogP contribution is -2.59. The summed E-state index contributed by atoms with van der Waals surface area (Å²) < 4.78 is 0. The van der Waals surface area contributed by atoms with Crippen molar-refractivity contribution < 1.29 is 19.5 Å². The minimum atomic E-state index is -1.56. The van der Waals surface area contributed by atoms with Gasteiger partial charge in [0, 0.05) is 18.5 Å². The molecule has 0 saturated heterocycles. The van der Waals surface area contributed by atoms with Gasteiger partial charge in [-0.25, -0.2) is 4.79 Å². The summed E-state index contributed by atoms with van der Waals surface area (Å²) in [5, 5.41) is 12.6. The molecule has 0 fully saturated rings. The number of hydrogen-bond donors (Lipinski definition) is 2. The molecule has 0 saturated carbocycles. The molecule has 8 heteroatoms. The van der Waals surface area contributed by atoms with E-state index in [0.717, 1.165) is 10.5 Å². The van der Waals surface area contributed by atoms with Crippen molar-refractivity contribution in [3.63, 3.8) is 0 Å². The van der Waals surface area contributed by atoms with E-state index >= 15 is 0 Å². The van der Waals surface area contributed by atoms with E-state index < -0.39 is 29.4 Å². The third-order valence-electron chi connectivity index (χ3n) is 5.43. The molecule has 2 aromatic carbocycles. The third kappa shape index (κ3) is 4.87. The van der Waals surface area contributed by atoms with Crippen molar-refractivity contribution in [3.8, 4) is 0 Å². The van der Waals surface area contributed by atoms with E-state index in [4.69, 9.17) is 23.2 Å². The van der Waals surface area contributed by atoms with Crippen molar-refractivity contribution >= 4 is 41.0 Å². The van der Waals surface area contributed by atoms with Gasteiger partial charge in [-0.1, -0.05) is 65.7 Å². The van der Waals surface area contributed by atoms with Crippen LogP contribution in [0.25, 0.3) is 0 Å².